The number of furan rings is 1. The topological polar surface area (TPSA) is 66.4 Å². The molecule has 4 heteroatoms. The summed E-state index contributed by atoms with van der Waals surface area (Å²) in [5.41, 5.74) is 1.08. The van der Waals surface area contributed by atoms with Crippen LogP contribution in [0.25, 0.3) is 0 Å². The van der Waals surface area contributed by atoms with Gasteiger partial charge in [0.25, 0.3) is 0 Å². The number of rotatable bonds is 1. The third-order valence-electron chi connectivity index (χ3n) is 4.51. The highest BCUT2D eigenvalue weighted by molar-refractivity contribution is 6.12. The summed E-state index contributed by atoms with van der Waals surface area (Å²) in [4.78, 5) is 17.1. The molecule has 2 aliphatic rings. The molecular formula is C17H12N2O2. The minimum atomic E-state index is -0.721. The number of nitrogens with zero attached hydrogens (tertiary/aromatic N) is 2. The molecule has 0 amide bonds. The molecule has 0 N–H and O–H groups in total. The first kappa shape index (κ1) is 12.1. The number of benzene rings is 1. The van der Waals surface area contributed by atoms with Gasteiger partial charge in [0.2, 0.25) is 5.76 Å². The Morgan fingerprint density at radius 2 is 2.14 bits per heavy atom. The monoisotopic (exact) mass is 276 g/mol. The van der Waals surface area contributed by atoms with Crippen LogP contribution in [0.5, 0.6) is 0 Å². The number of para-hydroxylation sites is 1. The van der Waals surface area contributed by atoms with Crippen LogP contribution in [0, 0.1) is 11.3 Å². The van der Waals surface area contributed by atoms with Crippen LogP contribution in [0.15, 0.2) is 45.8 Å². The zero-order valence-corrected chi connectivity index (χ0v) is 11.2. The SMILES string of the molecule is N#Cc1ccc(C2CCC(=O)C23C=Nc2ccccc23)o1. The van der Waals surface area contributed by atoms with Crippen LogP contribution in [0.4, 0.5) is 5.69 Å². The summed E-state index contributed by atoms with van der Waals surface area (Å²) < 4.78 is 5.59. The molecule has 4 rings (SSSR count). The summed E-state index contributed by atoms with van der Waals surface area (Å²) in [7, 11) is 0. The molecular weight excluding hydrogens is 264 g/mol. The molecule has 4 nitrogen and oxygen atoms in total. The third kappa shape index (κ3) is 1.49. The van der Waals surface area contributed by atoms with E-state index >= 15 is 0 Å². The molecule has 1 aromatic carbocycles. The lowest BCUT2D eigenvalue weighted by Crippen LogP contribution is -2.35. The minimum absolute atomic E-state index is 0.0838. The van der Waals surface area contributed by atoms with E-state index in [1.54, 1.807) is 18.3 Å². The van der Waals surface area contributed by atoms with Gasteiger partial charge in [-0.3, -0.25) is 9.79 Å². The van der Waals surface area contributed by atoms with Crippen LogP contribution < -0.4 is 0 Å². The standard InChI is InChI=1S/C17H12N2O2/c18-9-11-5-7-15(21-11)13-6-8-16(20)17(13)10-19-14-4-2-1-3-12(14)17/h1-5,7,10,13H,6,8H2. The number of hydrogen-bond donors (Lipinski definition) is 0. The summed E-state index contributed by atoms with van der Waals surface area (Å²) in [6, 6.07) is 13.2. The Morgan fingerprint density at radius 1 is 1.29 bits per heavy atom. The maximum atomic E-state index is 12.6. The molecule has 102 valence electrons. The van der Waals surface area contributed by atoms with Gasteiger partial charge in [0.05, 0.1) is 5.69 Å². The van der Waals surface area contributed by atoms with Gasteiger partial charge in [-0.05, 0) is 30.2 Å². The summed E-state index contributed by atoms with van der Waals surface area (Å²) in [5.74, 6) is 1.07. The molecule has 2 aromatic rings. The van der Waals surface area contributed by atoms with Gasteiger partial charge in [0, 0.05) is 18.6 Å². The predicted molar refractivity (Wildman–Crippen MR) is 76.7 cm³/mol. The summed E-state index contributed by atoms with van der Waals surface area (Å²) in [6.07, 6.45) is 3.00. The number of carbonyl (C=O) groups excluding carboxylic acids is 1. The number of aliphatic imine (C=N–C) groups is 1. The van der Waals surface area contributed by atoms with Gasteiger partial charge in [-0.2, -0.15) is 5.26 Å². The van der Waals surface area contributed by atoms with E-state index in [-0.39, 0.29) is 17.5 Å². The first-order valence-electron chi connectivity index (χ1n) is 6.93. The van der Waals surface area contributed by atoms with Crippen molar-refractivity contribution in [2.45, 2.75) is 24.2 Å². The lowest BCUT2D eigenvalue weighted by molar-refractivity contribution is -0.120. The maximum absolute atomic E-state index is 12.6. The van der Waals surface area contributed by atoms with Crippen LogP contribution >= 0.6 is 0 Å². The number of nitriles is 1. The lowest BCUT2D eigenvalue weighted by Gasteiger charge is -2.26. The van der Waals surface area contributed by atoms with Crippen molar-refractivity contribution >= 4 is 17.7 Å². The second kappa shape index (κ2) is 4.16. The highest BCUT2D eigenvalue weighted by Crippen LogP contribution is 2.53. The molecule has 1 aliphatic carbocycles. The maximum Gasteiger partial charge on any atom is 0.203 e. The van der Waals surface area contributed by atoms with E-state index in [1.807, 2.05) is 30.3 Å². The second-order valence-electron chi connectivity index (χ2n) is 5.47. The number of Topliss-reactive ketones (excluding diaryl/α,β-unsaturated/α-hetero) is 1. The average Bonchev–Trinajstić information content (AvgIpc) is 3.20. The molecule has 1 aromatic heterocycles. The highest BCUT2D eigenvalue weighted by Gasteiger charge is 2.54. The zero-order valence-electron chi connectivity index (χ0n) is 11.2. The zero-order chi connectivity index (χ0) is 14.4. The molecule has 1 saturated carbocycles. The average molecular weight is 276 g/mol. The second-order valence-corrected chi connectivity index (χ2v) is 5.47. The molecule has 2 unspecified atom stereocenters. The number of fused-ring (bicyclic) bond motifs is 2. The van der Waals surface area contributed by atoms with Crippen molar-refractivity contribution in [2.75, 3.05) is 0 Å². The highest BCUT2D eigenvalue weighted by atomic mass is 16.3. The van der Waals surface area contributed by atoms with Crippen molar-refractivity contribution in [1.29, 1.82) is 5.26 Å². The minimum Gasteiger partial charge on any atom is -0.450 e. The van der Waals surface area contributed by atoms with Gasteiger partial charge in [0.15, 0.2) is 0 Å². The van der Waals surface area contributed by atoms with Gasteiger partial charge in [-0.1, -0.05) is 18.2 Å². The van der Waals surface area contributed by atoms with Crippen LogP contribution in [0.3, 0.4) is 0 Å². The molecule has 1 fully saturated rings. The van der Waals surface area contributed by atoms with E-state index in [4.69, 9.17) is 9.68 Å². The fraction of sp³-hybridized carbons (Fsp3) is 0.235. The first-order chi connectivity index (χ1) is 10.3. The Hall–Kier alpha value is -2.67. The van der Waals surface area contributed by atoms with Crippen molar-refractivity contribution in [1.82, 2.24) is 0 Å². The normalized spacial score (nSPS) is 26.2. The summed E-state index contributed by atoms with van der Waals surface area (Å²) in [5, 5.41) is 8.92. The van der Waals surface area contributed by atoms with Crippen LogP contribution in [0.1, 0.15) is 35.8 Å². The van der Waals surface area contributed by atoms with E-state index in [1.165, 1.54) is 0 Å². The molecule has 1 spiro atoms. The summed E-state index contributed by atoms with van der Waals surface area (Å²) in [6.45, 7) is 0. The molecule has 2 heterocycles. The van der Waals surface area contributed by atoms with Crippen molar-refractivity contribution in [3.8, 4) is 6.07 Å². The van der Waals surface area contributed by atoms with Gasteiger partial charge in [0.1, 0.15) is 23.0 Å². The molecule has 1 aliphatic heterocycles. The Morgan fingerprint density at radius 3 is 2.95 bits per heavy atom. The van der Waals surface area contributed by atoms with Gasteiger partial charge in [-0.15, -0.1) is 0 Å². The Balaban J connectivity index is 1.89. The largest absolute Gasteiger partial charge is 0.450 e. The van der Waals surface area contributed by atoms with Crippen molar-refractivity contribution in [2.24, 2.45) is 4.99 Å². The smallest absolute Gasteiger partial charge is 0.203 e. The van der Waals surface area contributed by atoms with Crippen LogP contribution in [0.2, 0.25) is 0 Å². The Bertz CT molecular complexity index is 812. The van der Waals surface area contributed by atoms with Crippen molar-refractivity contribution < 1.29 is 9.21 Å². The molecule has 0 bridgehead atoms. The molecule has 0 radical (unpaired) electrons. The molecule has 0 saturated heterocycles. The molecule has 21 heavy (non-hydrogen) atoms. The van der Waals surface area contributed by atoms with Gasteiger partial charge in [-0.25, -0.2) is 0 Å². The fourth-order valence-electron chi connectivity index (χ4n) is 3.55. The number of ketones is 1. The first-order valence-corrected chi connectivity index (χ1v) is 6.93. The Labute approximate surface area is 121 Å². The van der Waals surface area contributed by atoms with E-state index in [9.17, 15) is 4.79 Å². The number of hydrogen-bond acceptors (Lipinski definition) is 4. The van der Waals surface area contributed by atoms with Gasteiger partial charge >= 0.3 is 0 Å². The number of carbonyl (C=O) groups is 1. The van der Waals surface area contributed by atoms with Crippen LogP contribution in [-0.2, 0) is 10.2 Å². The lowest BCUT2D eigenvalue weighted by atomic mass is 9.72. The fourth-order valence-corrected chi connectivity index (χ4v) is 3.55. The quantitative estimate of drug-likeness (QED) is 0.803. The van der Waals surface area contributed by atoms with Crippen molar-refractivity contribution in [3.05, 3.63) is 53.5 Å². The third-order valence-corrected chi connectivity index (χ3v) is 4.51. The van der Waals surface area contributed by atoms with Gasteiger partial charge < -0.3 is 4.42 Å². The molecule has 2 atom stereocenters. The van der Waals surface area contributed by atoms with Crippen molar-refractivity contribution in [3.63, 3.8) is 0 Å². The van der Waals surface area contributed by atoms with Crippen LogP contribution in [-0.4, -0.2) is 12.0 Å². The van der Waals surface area contributed by atoms with E-state index in [2.05, 4.69) is 4.99 Å². The van der Waals surface area contributed by atoms with E-state index < -0.39 is 5.41 Å². The van der Waals surface area contributed by atoms with E-state index in [0.717, 1.165) is 17.7 Å². The predicted octanol–water partition coefficient (Wildman–Crippen LogP) is 3.25. The van der Waals surface area contributed by atoms with E-state index in [0.29, 0.717) is 12.2 Å². The Kier molecular flexibility index (Phi) is 2.40. The summed E-state index contributed by atoms with van der Waals surface area (Å²) >= 11 is 0.